The molecule has 0 radical (unpaired) electrons. The van der Waals surface area contributed by atoms with Crippen LogP contribution in [0.1, 0.15) is 5.56 Å². The van der Waals surface area contributed by atoms with Gasteiger partial charge in [0.1, 0.15) is 5.75 Å². The van der Waals surface area contributed by atoms with Gasteiger partial charge in [-0.1, -0.05) is 24.3 Å². The van der Waals surface area contributed by atoms with Gasteiger partial charge < -0.3 is 10.1 Å². The fourth-order valence-corrected chi connectivity index (χ4v) is 2.08. The summed E-state index contributed by atoms with van der Waals surface area (Å²) in [5, 5.41) is 11.3. The molecule has 106 valence electrons. The number of ether oxygens (including phenoxy) is 1. The zero-order valence-electron chi connectivity index (χ0n) is 11.2. The average molecular weight is 345 g/mol. The van der Waals surface area contributed by atoms with Gasteiger partial charge in [0, 0.05) is 4.47 Å². The standard InChI is InChI=1S/C16H13BrN2O2/c17-14-3-1-2-4-15(14)19-16(20)11-21-13-7-5-12(6-8-13)9-10-18/h1-8H,9,11H2,(H,19,20). The van der Waals surface area contributed by atoms with E-state index in [1.807, 2.05) is 30.3 Å². The number of benzene rings is 2. The number of hydrogen-bond acceptors (Lipinski definition) is 3. The van der Waals surface area contributed by atoms with Crippen LogP contribution >= 0.6 is 15.9 Å². The van der Waals surface area contributed by atoms with Gasteiger partial charge in [-0.05, 0) is 45.8 Å². The van der Waals surface area contributed by atoms with Crippen LogP contribution in [-0.4, -0.2) is 12.5 Å². The topological polar surface area (TPSA) is 62.1 Å². The molecule has 1 amide bonds. The van der Waals surface area contributed by atoms with Gasteiger partial charge in [-0.3, -0.25) is 4.79 Å². The summed E-state index contributed by atoms with van der Waals surface area (Å²) < 4.78 is 6.22. The van der Waals surface area contributed by atoms with Crippen LogP contribution in [0.3, 0.4) is 0 Å². The van der Waals surface area contributed by atoms with Crippen LogP contribution in [-0.2, 0) is 11.2 Å². The summed E-state index contributed by atoms with van der Waals surface area (Å²) in [7, 11) is 0. The largest absolute Gasteiger partial charge is 0.484 e. The number of carbonyl (C=O) groups is 1. The molecule has 0 atom stereocenters. The van der Waals surface area contributed by atoms with Gasteiger partial charge >= 0.3 is 0 Å². The summed E-state index contributed by atoms with van der Waals surface area (Å²) >= 11 is 3.36. The summed E-state index contributed by atoms with van der Waals surface area (Å²) in [6, 6.07) is 16.6. The van der Waals surface area contributed by atoms with Crippen LogP contribution < -0.4 is 10.1 Å². The molecule has 0 aliphatic heterocycles. The first-order valence-corrected chi connectivity index (χ1v) is 7.11. The summed E-state index contributed by atoms with van der Waals surface area (Å²) in [5.74, 6) is 0.363. The Hall–Kier alpha value is -2.32. The molecule has 0 aliphatic carbocycles. The molecule has 0 saturated carbocycles. The Bertz CT molecular complexity index is 663. The van der Waals surface area contributed by atoms with Crippen molar-refractivity contribution in [3.63, 3.8) is 0 Å². The smallest absolute Gasteiger partial charge is 0.262 e. The van der Waals surface area contributed by atoms with Crippen molar-refractivity contribution in [3.8, 4) is 11.8 Å². The van der Waals surface area contributed by atoms with Crippen molar-refractivity contribution in [2.24, 2.45) is 0 Å². The van der Waals surface area contributed by atoms with Crippen LogP contribution in [0, 0.1) is 11.3 Å². The van der Waals surface area contributed by atoms with E-state index in [0.29, 0.717) is 17.9 Å². The van der Waals surface area contributed by atoms with E-state index in [0.717, 1.165) is 10.0 Å². The number of amides is 1. The second-order valence-corrected chi connectivity index (χ2v) is 5.15. The molecule has 0 saturated heterocycles. The van der Waals surface area contributed by atoms with Crippen molar-refractivity contribution in [2.75, 3.05) is 11.9 Å². The number of nitrogens with one attached hydrogen (secondary N) is 1. The highest BCUT2D eigenvalue weighted by Gasteiger charge is 2.06. The molecule has 0 heterocycles. The molecule has 0 spiro atoms. The summed E-state index contributed by atoms with van der Waals surface area (Å²) in [6.07, 6.45) is 0.364. The molecule has 2 aromatic carbocycles. The monoisotopic (exact) mass is 344 g/mol. The summed E-state index contributed by atoms with van der Waals surface area (Å²) in [6.45, 7) is -0.0705. The molecule has 2 aromatic rings. The number of nitriles is 1. The lowest BCUT2D eigenvalue weighted by Gasteiger charge is -2.09. The first-order chi connectivity index (χ1) is 10.2. The van der Waals surface area contributed by atoms with E-state index in [9.17, 15) is 4.79 Å². The minimum atomic E-state index is -0.233. The maximum Gasteiger partial charge on any atom is 0.262 e. The number of rotatable bonds is 5. The van der Waals surface area contributed by atoms with E-state index >= 15 is 0 Å². The van der Waals surface area contributed by atoms with E-state index < -0.39 is 0 Å². The quantitative estimate of drug-likeness (QED) is 0.902. The molecular weight excluding hydrogens is 332 g/mol. The van der Waals surface area contributed by atoms with Crippen molar-refractivity contribution in [1.29, 1.82) is 5.26 Å². The van der Waals surface area contributed by atoms with Crippen molar-refractivity contribution in [3.05, 3.63) is 58.6 Å². The van der Waals surface area contributed by atoms with E-state index in [2.05, 4.69) is 27.3 Å². The Kier molecular flexibility index (Phi) is 5.35. The highest BCUT2D eigenvalue weighted by Crippen LogP contribution is 2.21. The molecule has 1 N–H and O–H groups in total. The van der Waals surface area contributed by atoms with Crippen molar-refractivity contribution >= 4 is 27.5 Å². The van der Waals surface area contributed by atoms with Gasteiger partial charge in [0.2, 0.25) is 0 Å². The van der Waals surface area contributed by atoms with Crippen LogP contribution in [0.5, 0.6) is 5.75 Å². The highest BCUT2D eigenvalue weighted by atomic mass is 79.9. The molecule has 0 fully saturated rings. The number of nitrogens with zero attached hydrogens (tertiary/aromatic N) is 1. The first-order valence-electron chi connectivity index (χ1n) is 6.32. The fraction of sp³-hybridized carbons (Fsp3) is 0.125. The third-order valence-corrected chi connectivity index (χ3v) is 3.42. The summed E-state index contributed by atoms with van der Waals surface area (Å²) in [4.78, 5) is 11.8. The van der Waals surface area contributed by atoms with E-state index in [1.54, 1.807) is 18.2 Å². The predicted molar refractivity (Wildman–Crippen MR) is 84.0 cm³/mol. The molecule has 0 bridgehead atoms. The summed E-state index contributed by atoms with van der Waals surface area (Å²) in [5.41, 5.74) is 1.62. The van der Waals surface area contributed by atoms with Gasteiger partial charge in [0.05, 0.1) is 18.2 Å². The maximum atomic E-state index is 11.8. The van der Waals surface area contributed by atoms with Gasteiger partial charge in [-0.2, -0.15) is 5.26 Å². The fourth-order valence-electron chi connectivity index (χ4n) is 1.69. The molecule has 0 aromatic heterocycles. The van der Waals surface area contributed by atoms with E-state index in [-0.39, 0.29) is 12.5 Å². The lowest BCUT2D eigenvalue weighted by molar-refractivity contribution is -0.118. The van der Waals surface area contributed by atoms with Gasteiger partial charge in [-0.15, -0.1) is 0 Å². The van der Waals surface area contributed by atoms with Crippen molar-refractivity contribution in [2.45, 2.75) is 6.42 Å². The third kappa shape index (κ3) is 4.62. The Balaban J connectivity index is 1.87. The Morgan fingerprint density at radius 1 is 1.19 bits per heavy atom. The second-order valence-electron chi connectivity index (χ2n) is 4.30. The molecule has 21 heavy (non-hydrogen) atoms. The molecule has 5 heteroatoms. The molecule has 0 aliphatic rings. The Labute approximate surface area is 131 Å². The van der Waals surface area contributed by atoms with Crippen LogP contribution in [0.2, 0.25) is 0 Å². The number of hydrogen-bond donors (Lipinski definition) is 1. The van der Waals surface area contributed by atoms with Crippen LogP contribution in [0.15, 0.2) is 53.0 Å². The first kappa shape index (κ1) is 15.1. The van der Waals surface area contributed by atoms with Gasteiger partial charge in [0.15, 0.2) is 6.61 Å². The normalized spacial score (nSPS) is 9.71. The predicted octanol–water partition coefficient (Wildman–Crippen LogP) is 3.53. The SMILES string of the molecule is N#CCc1ccc(OCC(=O)Nc2ccccc2Br)cc1. The molecule has 2 rings (SSSR count). The molecule has 4 nitrogen and oxygen atoms in total. The zero-order valence-corrected chi connectivity index (χ0v) is 12.8. The number of halogens is 1. The zero-order chi connectivity index (χ0) is 15.1. The molecular formula is C16H13BrN2O2. The van der Waals surface area contributed by atoms with Gasteiger partial charge in [0.25, 0.3) is 5.91 Å². The van der Waals surface area contributed by atoms with E-state index in [1.165, 1.54) is 0 Å². The van der Waals surface area contributed by atoms with Crippen molar-refractivity contribution < 1.29 is 9.53 Å². The molecule has 0 unspecified atom stereocenters. The van der Waals surface area contributed by atoms with Crippen LogP contribution in [0.25, 0.3) is 0 Å². The lowest BCUT2D eigenvalue weighted by atomic mass is 10.2. The number of anilines is 1. The third-order valence-electron chi connectivity index (χ3n) is 2.72. The second kappa shape index (κ2) is 7.46. The minimum absolute atomic E-state index is 0.0705. The van der Waals surface area contributed by atoms with Crippen LogP contribution in [0.4, 0.5) is 5.69 Å². The highest BCUT2D eigenvalue weighted by molar-refractivity contribution is 9.10. The number of carbonyl (C=O) groups excluding carboxylic acids is 1. The number of para-hydroxylation sites is 1. The van der Waals surface area contributed by atoms with Gasteiger partial charge in [-0.25, -0.2) is 0 Å². The average Bonchev–Trinajstić information content (AvgIpc) is 2.49. The minimum Gasteiger partial charge on any atom is -0.484 e. The van der Waals surface area contributed by atoms with Crippen molar-refractivity contribution in [1.82, 2.24) is 0 Å². The lowest BCUT2D eigenvalue weighted by Crippen LogP contribution is -2.20. The van der Waals surface area contributed by atoms with E-state index in [4.69, 9.17) is 10.00 Å². The Morgan fingerprint density at radius 3 is 2.57 bits per heavy atom. The maximum absolute atomic E-state index is 11.8. The Morgan fingerprint density at radius 2 is 1.90 bits per heavy atom.